The Morgan fingerprint density at radius 2 is 1.77 bits per heavy atom. The summed E-state index contributed by atoms with van der Waals surface area (Å²) < 4.78 is 13.3. The van der Waals surface area contributed by atoms with Crippen molar-refractivity contribution >= 4 is 5.95 Å². The fourth-order valence-corrected chi connectivity index (χ4v) is 4.00. The highest BCUT2D eigenvalue weighted by molar-refractivity contribution is 5.41. The number of rotatable bonds is 6. The van der Waals surface area contributed by atoms with E-state index in [1.165, 1.54) is 11.1 Å². The second-order valence-corrected chi connectivity index (χ2v) is 7.60. The quantitative estimate of drug-likeness (QED) is 0.482. The van der Waals surface area contributed by atoms with Gasteiger partial charge in [0.05, 0.1) is 19.2 Å². The van der Waals surface area contributed by atoms with Gasteiger partial charge in [0.15, 0.2) is 0 Å². The molecule has 3 aromatic carbocycles. The highest BCUT2D eigenvalue weighted by atomic mass is 16.5. The molecule has 0 aliphatic carbocycles. The fourth-order valence-electron chi connectivity index (χ4n) is 4.00. The van der Waals surface area contributed by atoms with E-state index in [0.29, 0.717) is 6.61 Å². The molecule has 2 heterocycles. The highest BCUT2D eigenvalue weighted by Gasteiger charge is 2.30. The zero-order valence-corrected chi connectivity index (χ0v) is 17.3. The lowest BCUT2D eigenvalue weighted by Gasteiger charge is -2.32. The molecular weight excluding hydrogens is 388 g/mol. The SMILES string of the molecule is COc1cccc([C@@H]2C[C@H](c3ccc(OCc4ccccc4)cc3)n3ncnc3N2)c1. The summed E-state index contributed by atoms with van der Waals surface area (Å²) in [6, 6.07) is 26.8. The van der Waals surface area contributed by atoms with Crippen LogP contribution in [0.3, 0.4) is 0 Å². The zero-order chi connectivity index (χ0) is 21.0. The predicted molar refractivity (Wildman–Crippen MR) is 119 cm³/mol. The molecule has 0 amide bonds. The first-order valence-corrected chi connectivity index (χ1v) is 10.4. The topological polar surface area (TPSA) is 61.2 Å². The van der Waals surface area contributed by atoms with Crippen molar-refractivity contribution in [2.45, 2.75) is 25.1 Å². The average Bonchev–Trinajstić information content (AvgIpc) is 3.32. The van der Waals surface area contributed by atoms with Gasteiger partial charge >= 0.3 is 0 Å². The molecule has 0 saturated heterocycles. The number of ether oxygens (including phenoxy) is 2. The minimum atomic E-state index is 0.0816. The standard InChI is InChI=1S/C25H24N4O2/c1-30-22-9-5-8-20(14-22)23-15-24(29-25(28-23)26-17-27-29)19-10-12-21(13-11-19)31-16-18-6-3-2-4-7-18/h2-14,17,23-24H,15-16H2,1H3,(H,26,27,28)/t23-,24+/m0/s1. The van der Waals surface area contributed by atoms with Gasteiger partial charge < -0.3 is 14.8 Å². The third-order valence-electron chi connectivity index (χ3n) is 5.64. The van der Waals surface area contributed by atoms with Crippen molar-refractivity contribution in [2.75, 3.05) is 12.4 Å². The van der Waals surface area contributed by atoms with Crippen LogP contribution >= 0.6 is 0 Å². The molecule has 0 spiro atoms. The first-order chi connectivity index (χ1) is 15.3. The van der Waals surface area contributed by atoms with Crippen molar-refractivity contribution in [1.29, 1.82) is 0 Å². The maximum absolute atomic E-state index is 5.94. The number of anilines is 1. The van der Waals surface area contributed by atoms with Crippen molar-refractivity contribution in [2.24, 2.45) is 0 Å². The van der Waals surface area contributed by atoms with E-state index < -0.39 is 0 Å². The molecular formula is C25H24N4O2. The van der Waals surface area contributed by atoms with Crippen LogP contribution in [0.1, 0.15) is 35.2 Å². The summed E-state index contributed by atoms with van der Waals surface area (Å²) in [6.45, 7) is 0.554. The lowest BCUT2D eigenvalue weighted by molar-refractivity contribution is 0.306. The van der Waals surface area contributed by atoms with Crippen LogP contribution in [-0.4, -0.2) is 21.9 Å². The fraction of sp³-hybridized carbons (Fsp3) is 0.200. The Morgan fingerprint density at radius 3 is 2.58 bits per heavy atom. The number of hydrogen-bond acceptors (Lipinski definition) is 5. The van der Waals surface area contributed by atoms with Crippen LogP contribution in [0.25, 0.3) is 0 Å². The third kappa shape index (κ3) is 4.10. The van der Waals surface area contributed by atoms with Crippen LogP contribution in [0.4, 0.5) is 5.95 Å². The lowest BCUT2D eigenvalue weighted by Crippen LogP contribution is -2.28. The molecule has 1 aliphatic rings. The van der Waals surface area contributed by atoms with E-state index in [1.807, 2.05) is 47.1 Å². The van der Waals surface area contributed by atoms with E-state index in [0.717, 1.165) is 29.4 Å². The largest absolute Gasteiger partial charge is 0.497 e. The van der Waals surface area contributed by atoms with Gasteiger partial charge in [0, 0.05) is 0 Å². The summed E-state index contributed by atoms with van der Waals surface area (Å²) >= 11 is 0. The predicted octanol–water partition coefficient (Wildman–Crippen LogP) is 5.01. The van der Waals surface area contributed by atoms with E-state index in [2.05, 4.69) is 51.8 Å². The average molecular weight is 412 g/mol. The molecule has 0 unspecified atom stereocenters. The summed E-state index contributed by atoms with van der Waals surface area (Å²) in [5.74, 6) is 2.47. The van der Waals surface area contributed by atoms with Gasteiger partial charge in [-0.15, -0.1) is 0 Å². The van der Waals surface area contributed by atoms with E-state index >= 15 is 0 Å². The van der Waals surface area contributed by atoms with Gasteiger partial charge in [0.2, 0.25) is 5.95 Å². The van der Waals surface area contributed by atoms with E-state index in [-0.39, 0.29) is 12.1 Å². The van der Waals surface area contributed by atoms with Gasteiger partial charge in [0.1, 0.15) is 24.4 Å². The Hall–Kier alpha value is -3.80. The Bertz CT molecular complexity index is 1140. The van der Waals surface area contributed by atoms with E-state index in [4.69, 9.17) is 9.47 Å². The molecule has 2 atom stereocenters. The first kappa shape index (κ1) is 19.2. The number of aromatic nitrogens is 3. The van der Waals surface area contributed by atoms with Crippen LogP contribution in [0.5, 0.6) is 11.5 Å². The number of benzene rings is 3. The molecule has 1 N–H and O–H groups in total. The van der Waals surface area contributed by atoms with Crippen LogP contribution in [0, 0.1) is 0 Å². The number of nitrogens with one attached hydrogen (secondary N) is 1. The smallest absolute Gasteiger partial charge is 0.222 e. The van der Waals surface area contributed by atoms with E-state index in [9.17, 15) is 0 Å². The summed E-state index contributed by atoms with van der Waals surface area (Å²) in [5.41, 5.74) is 3.49. The molecule has 0 saturated carbocycles. The van der Waals surface area contributed by atoms with Gasteiger partial charge in [-0.1, -0.05) is 54.6 Å². The minimum Gasteiger partial charge on any atom is -0.497 e. The second-order valence-electron chi connectivity index (χ2n) is 7.60. The lowest BCUT2D eigenvalue weighted by atomic mass is 9.93. The molecule has 31 heavy (non-hydrogen) atoms. The maximum Gasteiger partial charge on any atom is 0.222 e. The van der Waals surface area contributed by atoms with Crippen LogP contribution in [-0.2, 0) is 6.61 Å². The van der Waals surface area contributed by atoms with E-state index in [1.54, 1.807) is 13.4 Å². The summed E-state index contributed by atoms with van der Waals surface area (Å²) in [7, 11) is 1.69. The van der Waals surface area contributed by atoms with Gasteiger partial charge in [0.25, 0.3) is 0 Å². The van der Waals surface area contributed by atoms with Crippen LogP contribution in [0.2, 0.25) is 0 Å². The number of hydrogen-bond donors (Lipinski definition) is 1. The first-order valence-electron chi connectivity index (χ1n) is 10.4. The van der Waals surface area contributed by atoms with Crippen molar-refractivity contribution < 1.29 is 9.47 Å². The van der Waals surface area contributed by atoms with Crippen molar-refractivity contribution in [3.63, 3.8) is 0 Å². The molecule has 1 aromatic heterocycles. The molecule has 0 fully saturated rings. The molecule has 6 heteroatoms. The Labute approximate surface area is 181 Å². The van der Waals surface area contributed by atoms with Gasteiger partial charge in [-0.05, 0) is 47.4 Å². The maximum atomic E-state index is 5.94. The summed E-state index contributed by atoms with van der Waals surface area (Å²) in [4.78, 5) is 4.42. The molecule has 0 radical (unpaired) electrons. The molecule has 0 bridgehead atoms. The summed E-state index contributed by atoms with van der Waals surface area (Å²) in [6.07, 6.45) is 2.45. The molecule has 5 rings (SSSR count). The molecule has 4 aromatic rings. The number of nitrogens with zero attached hydrogens (tertiary/aromatic N) is 3. The Morgan fingerprint density at radius 1 is 0.935 bits per heavy atom. The second kappa shape index (κ2) is 8.52. The molecule has 156 valence electrons. The zero-order valence-electron chi connectivity index (χ0n) is 17.3. The Balaban J connectivity index is 1.36. The van der Waals surface area contributed by atoms with Crippen LogP contribution in [0.15, 0.2) is 85.2 Å². The molecule has 1 aliphatic heterocycles. The van der Waals surface area contributed by atoms with Gasteiger partial charge in [-0.25, -0.2) is 4.68 Å². The number of fused-ring (bicyclic) bond motifs is 1. The third-order valence-corrected chi connectivity index (χ3v) is 5.64. The highest BCUT2D eigenvalue weighted by Crippen LogP contribution is 2.38. The van der Waals surface area contributed by atoms with Crippen LogP contribution < -0.4 is 14.8 Å². The monoisotopic (exact) mass is 412 g/mol. The summed E-state index contributed by atoms with van der Waals surface area (Å²) in [5, 5.41) is 7.97. The number of methoxy groups -OCH3 is 1. The molecule has 6 nitrogen and oxygen atoms in total. The van der Waals surface area contributed by atoms with Crippen molar-refractivity contribution in [3.05, 3.63) is 102 Å². The minimum absolute atomic E-state index is 0.0816. The Kier molecular flexibility index (Phi) is 5.27. The van der Waals surface area contributed by atoms with Crippen molar-refractivity contribution in [1.82, 2.24) is 14.8 Å². The van der Waals surface area contributed by atoms with Gasteiger partial charge in [-0.2, -0.15) is 10.1 Å². The van der Waals surface area contributed by atoms with Crippen molar-refractivity contribution in [3.8, 4) is 11.5 Å². The van der Waals surface area contributed by atoms with Gasteiger partial charge in [-0.3, -0.25) is 0 Å². The normalized spacial score (nSPS) is 17.5.